The topological polar surface area (TPSA) is 90.5 Å². The van der Waals surface area contributed by atoms with Crippen LogP contribution in [0.5, 0.6) is 0 Å². The van der Waals surface area contributed by atoms with Crippen LogP contribution < -0.4 is 16.4 Å². The minimum atomic E-state index is -1.19. The van der Waals surface area contributed by atoms with Crippen LogP contribution in [0.1, 0.15) is 24.8 Å². The van der Waals surface area contributed by atoms with Gasteiger partial charge >= 0.3 is 0 Å². The lowest BCUT2D eigenvalue weighted by atomic mass is 10.1. The van der Waals surface area contributed by atoms with Gasteiger partial charge in [0, 0.05) is 11.6 Å². The van der Waals surface area contributed by atoms with Crippen LogP contribution in [0.15, 0.2) is 24.3 Å². The number of nitrogens with two attached hydrogens (primary N) is 1. The number of aliphatic hydroxyl groups is 2. The number of aryl methyl sites for hydroxylation is 1. The predicted molar refractivity (Wildman–Crippen MR) is 98.5 cm³/mol. The van der Waals surface area contributed by atoms with Gasteiger partial charge in [0.25, 0.3) is 0 Å². The highest BCUT2D eigenvalue weighted by Gasteiger charge is 2.45. The summed E-state index contributed by atoms with van der Waals surface area (Å²) in [5.74, 6) is -2.96. The van der Waals surface area contributed by atoms with Gasteiger partial charge in [-0.25, -0.2) is 13.2 Å². The minimum absolute atomic E-state index is 0.0206. The molecule has 0 amide bonds. The average molecular weight is 381 g/mol. The van der Waals surface area contributed by atoms with Gasteiger partial charge in [-0.05, 0) is 43.9 Å². The van der Waals surface area contributed by atoms with Gasteiger partial charge in [-0.2, -0.15) is 0 Å². The van der Waals surface area contributed by atoms with Gasteiger partial charge in [0.15, 0.2) is 11.6 Å². The summed E-state index contributed by atoms with van der Waals surface area (Å²) in [5.41, 5.74) is 5.72. The number of hydrogen-bond acceptors (Lipinski definition) is 5. The van der Waals surface area contributed by atoms with E-state index in [9.17, 15) is 18.3 Å². The molecule has 1 saturated carbocycles. The van der Waals surface area contributed by atoms with Crippen LogP contribution in [-0.4, -0.2) is 28.5 Å². The minimum Gasteiger partial charge on any atom is -0.397 e. The molecule has 5 nitrogen and oxygen atoms in total. The second kappa shape index (κ2) is 7.28. The first-order chi connectivity index (χ1) is 12.7. The molecular formula is C19H22F3N3O2. The standard InChI is InChI=1S/C19H22F3N3O2/c1-10-2-3-15(12(20)6-10)24-18-16(22)13(21)7-14(23)17(18)25-19(4-5-19)8-11(27)9-26/h2-3,6-7,11,24-27H,4-5,8-9,23H2,1H3. The van der Waals surface area contributed by atoms with Crippen LogP contribution in [0.3, 0.4) is 0 Å². The molecule has 0 aliphatic heterocycles. The number of benzene rings is 2. The van der Waals surface area contributed by atoms with Gasteiger partial charge in [-0.3, -0.25) is 0 Å². The van der Waals surface area contributed by atoms with Gasteiger partial charge in [-0.1, -0.05) is 6.07 Å². The van der Waals surface area contributed by atoms with Crippen molar-refractivity contribution in [3.05, 3.63) is 47.3 Å². The highest BCUT2D eigenvalue weighted by Crippen LogP contribution is 2.47. The first-order valence-electron chi connectivity index (χ1n) is 8.62. The van der Waals surface area contributed by atoms with E-state index in [1.807, 2.05) is 0 Å². The SMILES string of the molecule is Cc1ccc(Nc2c(F)c(F)cc(N)c2NC2(CC(O)CO)CC2)c(F)c1. The van der Waals surface area contributed by atoms with E-state index in [0.29, 0.717) is 18.4 Å². The largest absolute Gasteiger partial charge is 0.397 e. The van der Waals surface area contributed by atoms with E-state index in [1.54, 1.807) is 13.0 Å². The molecule has 3 rings (SSSR count). The molecule has 1 aliphatic rings. The van der Waals surface area contributed by atoms with E-state index in [1.165, 1.54) is 12.1 Å². The van der Waals surface area contributed by atoms with Crippen LogP contribution >= 0.6 is 0 Å². The van der Waals surface area contributed by atoms with Crippen LogP contribution in [0, 0.1) is 24.4 Å². The molecule has 2 aromatic carbocycles. The summed E-state index contributed by atoms with van der Waals surface area (Å²) in [4.78, 5) is 0. The second-order valence-corrected chi connectivity index (χ2v) is 7.07. The third-order valence-corrected chi connectivity index (χ3v) is 4.72. The molecule has 0 spiro atoms. The smallest absolute Gasteiger partial charge is 0.184 e. The third kappa shape index (κ3) is 4.12. The molecular weight excluding hydrogens is 359 g/mol. The molecule has 2 aromatic rings. The number of nitrogens with one attached hydrogen (secondary N) is 2. The second-order valence-electron chi connectivity index (χ2n) is 7.07. The first-order valence-corrected chi connectivity index (χ1v) is 8.62. The van der Waals surface area contributed by atoms with Crippen molar-refractivity contribution in [3.63, 3.8) is 0 Å². The van der Waals surface area contributed by atoms with Crippen LogP contribution in [0.25, 0.3) is 0 Å². The number of aliphatic hydroxyl groups excluding tert-OH is 2. The van der Waals surface area contributed by atoms with Crippen molar-refractivity contribution in [3.8, 4) is 0 Å². The molecule has 0 saturated heterocycles. The highest BCUT2D eigenvalue weighted by molar-refractivity contribution is 5.85. The number of rotatable bonds is 7. The fourth-order valence-corrected chi connectivity index (χ4v) is 3.07. The Morgan fingerprint density at radius 1 is 1.15 bits per heavy atom. The van der Waals surface area contributed by atoms with Crippen LogP contribution in [0.2, 0.25) is 0 Å². The van der Waals surface area contributed by atoms with Crippen molar-refractivity contribution in [1.82, 2.24) is 0 Å². The van der Waals surface area contributed by atoms with Crippen LogP contribution in [0.4, 0.5) is 35.9 Å². The number of hydrogen-bond donors (Lipinski definition) is 5. The Balaban J connectivity index is 1.97. The van der Waals surface area contributed by atoms with E-state index in [2.05, 4.69) is 10.6 Å². The van der Waals surface area contributed by atoms with Crippen molar-refractivity contribution < 1.29 is 23.4 Å². The van der Waals surface area contributed by atoms with E-state index >= 15 is 0 Å². The van der Waals surface area contributed by atoms with Gasteiger partial charge in [0.2, 0.25) is 0 Å². The lowest BCUT2D eigenvalue weighted by molar-refractivity contribution is 0.0822. The van der Waals surface area contributed by atoms with E-state index in [4.69, 9.17) is 10.8 Å². The molecule has 0 bridgehead atoms. The quantitative estimate of drug-likeness (QED) is 0.474. The maximum Gasteiger partial charge on any atom is 0.184 e. The molecule has 146 valence electrons. The summed E-state index contributed by atoms with van der Waals surface area (Å²) in [5, 5.41) is 24.4. The van der Waals surface area contributed by atoms with Crippen molar-refractivity contribution >= 4 is 22.7 Å². The zero-order chi connectivity index (χ0) is 19.8. The Kier molecular flexibility index (Phi) is 5.21. The first kappa shape index (κ1) is 19.3. The molecule has 1 atom stereocenters. The third-order valence-electron chi connectivity index (χ3n) is 4.72. The van der Waals surface area contributed by atoms with E-state index < -0.39 is 35.7 Å². The van der Waals surface area contributed by atoms with Gasteiger partial charge in [-0.15, -0.1) is 0 Å². The Hall–Kier alpha value is -2.45. The zero-order valence-electron chi connectivity index (χ0n) is 14.8. The highest BCUT2D eigenvalue weighted by atomic mass is 19.2. The Morgan fingerprint density at radius 2 is 1.85 bits per heavy atom. The fourth-order valence-electron chi connectivity index (χ4n) is 3.07. The monoisotopic (exact) mass is 381 g/mol. The number of halogens is 3. The Labute approximate surface area is 155 Å². The van der Waals surface area contributed by atoms with E-state index in [0.717, 1.165) is 6.07 Å². The maximum absolute atomic E-state index is 14.5. The maximum atomic E-state index is 14.5. The van der Waals surface area contributed by atoms with Gasteiger partial charge in [0.1, 0.15) is 11.5 Å². The molecule has 0 heterocycles. The van der Waals surface area contributed by atoms with Crippen molar-refractivity contribution in [2.75, 3.05) is 23.0 Å². The Bertz CT molecular complexity index is 857. The van der Waals surface area contributed by atoms with Crippen LogP contribution in [-0.2, 0) is 0 Å². The molecule has 8 heteroatoms. The summed E-state index contributed by atoms with van der Waals surface area (Å²) < 4.78 is 42.6. The zero-order valence-corrected chi connectivity index (χ0v) is 14.8. The van der Waals surface area contributed by atoms with Gasteiger partial charge in [0.05, 0.1) is 29.8 Å². The average Bonchev–Trinajstić information content (AvgIpc) is 3.37. The summed E-state index contributed by atoms with van der Waals surface area (Å²) in [6.07, 6.45) is 0.611. The van der Waals surface area contributed by atoms with Gasteiger partial charge < -0.3 is 26.6 Å². The summed E-state index contributed by atoms with van der Waals surface area (Å²) in [6.45, 7) is 1.31. The number of nitrogen functional groups attached to an aromatic ring is 1. The predicted octanol–water partition coefficient (Wildman–Crippen LogP) is 3.43. The lowest BCUT2D eigenvalue weighted by Gasteiger charge is -2.25. The molecule has 0 radical (unpaired) electrons. The van der Waals surface area contributed by atoms with E-state index in [-0.39, 0.29) is 29.2 Å². The lowest BCUT2D eigenvalue weighted by Crippen LogP contribution is -2.30. The summed E-state index contributed by atoms with van der Waals surface area (Å²) >= 11 is 0. The molecule has 27 heavy (non-hydrogen) atoms. The number of anilines is 4. The fraction of sp³-hybridized carbons (Fsp3) is 0.368. The molecule has 1 fully saturated rings. The normalized spacial score (nSPS) is 16.1. The molecule has 1 aliphatic carbocycles. The van der Waals surface area contributed by atoms with Crippen molar-refractivity contribution in [2.24, 2.45) is 0 Å². The summed E-state index contributed by atoms with van der Waals surface area (Å²) in [6, 6.07) is 5.19. The molecule has 0 aromatic heterocycles. The Morgan fingerprint density at radius 3 is 2.44 bits per heavy atom. The molecule has 1 unspecified atom stereocenters. The van der Waals surface area contributed by atoms with Crippen molar-refractivity contribution in [2.45, 2.75) is 37.8 Å². The van der Waals surface area contributed by atoms with Crippen molar-refractivity contribution in [1.29, 1.82) is 0 Å². The molecule has 6 N–H and O–H groups in total. The summed E-state index contributed by atoms with van der Waals surface area (Å²) in [7, 11) is 0.